The molecule has 0 bridgehead atoms. The molecule has 0 amide bonds. The molecule has 0 atom stereocenters. The lowest BCUT2D eigenvalue weighted by atomic mass is 10.2. The van der Waals surface area contributed by atoms with Crippen LogP contribution in [0.25, 0.3) is 0 Å². The SMILES string of the molecule is COc1nc(C)nc(NCc2ccccc2)n1. The predicted molar refractivity (Wildman–Crippen MR) is 64.9 cm³/mol. The van der Waals surface area contributed by atoms with Crippen LogP contribution >= 0.6 is 0 Å². The van der Waals surface area contributed by atoms with E-state index in [0.29, 0.717) is 24.3 Å². The Kier molecular flexibility index (Phi) is 3.49. The van der Waals surface area contributed by atoms with Crippen LogP contribution in [0, 0.1) is 6.92 Å². The van der Waals surface area contributed by atoms with Crippen molar-refractivity contribution in [1.29, 1.82) is 0 Å². The van der Waals surface area contributed by atoms with E-state index in [4.69, 9.17) is 4.74 Å². The number of ether oxygens (including phenoxy) is 1. The van der Waals surface area contributed by atoms with Crippen molar-refractivity contribution in [3.63, 3.8) is 0 Å². The van der Waals surface area contributed by atoms with E-state index in [1.54, 1.807) is 6.92 Å². The zero-order chi connectivity index (χ0) is 12.1. The third-order valence-electron chi connectivity index (χ3n) is 2.20. The fourth-order valence-corrected chi connectivity index (χ4v) is 1.40. The average Bonchev–Trinajstić information content (AvgIpc) is 2.37. The van der Waals surface area contributed by atoms with E-state index >= 15 is 0 Å². The third kappa shape index (κ3) is 3.14. The van der Waals surface area contributed by atoms with Crippen molar-refractivity contribution < 1.29 is 4.74 Å². The number of rotatable bonds is 4. The number of methoxy groups -OCH3 is 1. The molecule has 88 valence electrons. The van der Waals surface area contributed by atoms with E-state index in [1.807, 2.05) is 30.3 Å². The Morgan fingerprint density at radius 2 is 1.88 bits per heavy atom. The minimum Gasteiger partial charge on any atom is -0.467 e. The van der Waals surface area contributed by atoms with Gasteiger partial charge < -0.3 is 10.1 Å². The summed E-state index contributed by atoms with van der Waals surface area (Å²) in [5.74, 6) is 1.16. The highest BCUT2D eigenvalue weighted by atomic mass is 16.5. The van der Waals surface area contributed by atoms with Crippen molar-refractivity contribution in [3.8, 4) is 6.01 Å². The van der Waals surface area contributed by atoms with Gasteiger partial charge in [-0.1, -0.05) is 30.3 Å². The Labute approximate surface area is 99.9 Å². The van der Waals surface area contributed by atoms with Crippen LogP contribution in [0.1, 0.15) is 11.4 Å². The number of nitrogens with zero attached hydrogens (tertiary/aromatic N) is 3. The van der Waals surface area contributed by atoms with E-state index < -0.39 is 0 Å². The maximum absolute atomic E-state index is 4.99. The van der Waals surface area contributed by atoms with Crippen LogP contribution in [0.15, 0.2) is 30.3 Å². The summed E-state index contributed by atoms with van der Waals surface area (Å²) in [4.78, 5) is 12.3. The fraction of sp³-hybridized carbons (Fsp3) is 0.250. The maximum Gasteiger partial charge on any atom is 0.321 e. The van der Waals surface area contributed by atoms with Gasteiger partial charge >= 0.3 is 6.01 Å². The van der Waals surface area contributed by atoms with Gasteiger partial charge in [0.25, 0.3) is 0 Å². The molecule has 0 unspecified atom stereocenters. The number of hydrogen-bond donors (Lipinski definition) is 1. The molecule has 0 aliphatic carbocycles. The largest absolute Gasteiger partial charge is 0.467 e. The zero-order valence-electron chi connectivity index (χ0n) is 9.84. The summed E-state index contributed by atoms with van der Waals surface area (Å²) in [6.07, 6.45) is 0. The molecule has 5 nitrogen and oxygen atoms in total. The van der Waals surface area contributed by atoms with Crippen molar-refractivity contribution in [2.24, 2.45) is 0 Å². The third-order valence-corrected chi connectivity index (χ3v) is 2.20. The molecule has 0 aliphatic heterocycles. The number of aryl methyl sites for hydroxylation is 1. The second-order valence-electron chi connectivity index (χ2n) is 3.53. The molecule has 1 heterocycles. The van der Waals surface area contributed by atoms with Gasteiger partial charge in [0.2, 0.25) is 5.95 Å². The molecule has 2 rings (SSSR count). The van der Waals surface area contributed by atoms with Gasteiger partial charge in [0, 0.05) is 6.54 Å². The topological polar surface area (TPSA) is 59.9 Å². The molecule has 0 saturated heterocycles. The summed E-state index contributed by atoms with van der Waals surface area (Å²) in [6.45, 7) is 2.48. The number of aromatic nitrogens is 3. The molecule has 0 radical (unpaired) electrons. The number of benzene rings is 1. The lowest BCUT2D eigenvalue weighted by Gasteiger charge is -2.06. The highest BCUT2D eigenvalue weighted by Crippen LogP contribution is 2.08. The molecule has 1 aromatic heterocycles. The van der Waals surface area contributed by atoms with Crippen LogP contribution in [0.4, 0.5) is 5.95 Å². The first-order valence-corrected chi connectivity index (χ1v) is 5.32. The summed E-state index contributed by atoms with van der Waals surface area (Å²) in [5.41, 5.74) is 1.17. The summed E-state index contributed by atoms with van der Waals surface area (Å²) >= 11 is 0. The Bertz CT molecular complexity index is 487. The number of hydrogen-bond acceptors (Lipinski definition) is 5. The highest BCUT2D eigenvalue weighted by molar-refractivity contribution is 5.28. The van der Waals surface area contributed by atoms with Crippen molar-refractivity contribution in [2.75, 3.05) is 12.4 Å². The zero-order valence-corrected chi connectivity index (χ0v) is 9.84. The molecule has 0 aliphatic rings. The van der Waals surface area contributed by atoms with E-state index in [-0.39, 0.29) is 0 Å². The van der Waals surface area contributed by atoms with E-state index in [9.17, 15) is 0 Å². The van der Waals surface area contributed by atoms with Crippen molar-refractivity contribution in [2.45, 2.75) is 13.5 Å². The molecule has 17 heavy (non-hydrogen) atoms. The van der Waals surface area contributed by atoms with Crippen LogP contribution in [-0.4, -0.2) is 22.1 Å². The van der Waals surface area contributed by atoms with Gasteiger partial charge in [0.15, 0.2) is 0 Å². The average molecular weight is 230 g/mol. The van der Waals surface area contributed by atoms with Crippen LogP contribution in [0.5, 0.6) is 6.01 Å². The van der Waals surface area contributed by atoms with Gasteiger partial charge in [-0.15, -0.1) is 0 Å². The molecular formula is C12H14N4O. The predicted octanol–water partition coefficient (Wildman–Crippen LogP) is 1.80. The monoisotopic (exact) mass is 230 g/mol. The molecule has 2 aromatic rings. The van der Waals surface area contributed by atoms with Crippen LogP contribution in [0.3, 0.4) is 0 Å². The van der Waals surface area contributed by atoms with Crippen LogP contribution in [0.2, 0.25) is 0 Å². The summed E-state index contributed by atoms with van der Waals surface area (Å²) < 4.78 is 4.99. The standard InChI is InChI=1S/C12H14N4O/c1-9-14-11(16-12(15-9)17-2)13-8-10-6-4-3-5-7-10/h3-7H,8H2,1-2H3,(H,13,14,15,16). The van der Waals surface area contributed by atoms with Crippen LogP contribution in [-0.2, 0) is 6.54 Å². The minimum absolute atomic E-state index is 0.327. The van der Waals surface area contributed by atoms with Crippen molar-refractivity contribution in [3.05, 3.63) is 41.7 Å². The lowest BCUT2D eigenvalue weighted by molar-refractivity contribution is 0.377. The Morgan fingerprint density at radius 3 is 2.59 bits per heavy atom. The number of nitrogens with one attached hydrogen (secondary N) is 1. The first-order valence-electron chi connectivity index (χ1n) is 5.32. The van der Waals surface area contributed by atoms with E-state index in [2.05, 4.69) is 20.3 Å². The molecule has 1 N–H and O–H groups in total. The van der Waals surface area contributed by atoms with Crippen LogP contribution < -0.4 is 10.1 Å². The highest BCUT2D eigenvalue weighted by Gasteiger charge is 2.03. The number of anilines is 1. The van der Waals surface area contributed by atoms with Gasteiger partial charge in [0.05, 0.1) is 7.11 Å². The van der Waals surface area contributed by atoms with Gasteiger partial charge in [0.1, 0.15) is 5.82 Å². The summed E-state index contributed by atoms with van der Waals surface area (Å²) in [7, 11) is 1.54. The lowest BCUT2D eigenvalue weighted by Crippen LogP contribution is -2.06. The van der Waals surface area contributed by atoms with Gasteiger partial charge in [-0.05, 0) is 12.5 Å². The summed E-state index contributed by atoms with van der Waals surface area (Å²) in [5, 5.41) is 3.13. The van der Waals surface area contributed by atoms with Gasteiger partial charge in [-0.3, -0.25) is 0 Å². The molecule has 1 aromatic carbocycles. The summed E-state index contributed by atoms with van der Waals surface area (Å²) in [6, 6.07) is 10.4. The Hall–Kier alpha value is -2.17. The Morgan fingerprint density at radius 1 is 1.12 bits per heavy atom. The molecular weight excluding hydrogens is 216 g/mol. The Balaban J connectivity index is 2.06. The van der Waals surface area contributed by atoms with Gasteiger partial charge in [-0.25, -0.2) is 0 Å². The smallest absolute Gasteiger partial charge is 0.321 e. The van der Waals surface area contributed by atoms with Gasteiger partial charge in [-0.2, -0.15) is 15.0 Å². The molecule has 0 saturated carbocycles. The minimum atomic E-state index is 0.327. The van der Waals surface area contributed by atoms with Crippen molar-refractivity contribution >= 4 is 5.95 Å². The second-order valence-corrected chi connectivity index (χ2v) is 3.53. The normalized spacial score (nSPS) is 10.0. The first kappa shape index (κ1) is 11.3. The molecule has 0 fully saturated rings. The molecule has 5 heteroatoms. The van der Waals surface area contributed by atoms with Crippen molar-refractivity contribution in [1.82, 2.24) is 15.0 Å². The quantitative estimate of drug-likeness (QED) is 0.867. The fourth-order valence-electron chi connectivity index (χ4n) is 1.40. The second kappa shape index (κ2) is 5.25. The first-order chi connectivity index (χ1) is 8.28. The van der Waals surface area contributed by atoms with E-state index in [1.165, 1.54) is 12.7 Å². The van der Waals surface area contributed by atoms with E-state index in [0.717, 1.165) is 0 Å². The molecule has 0 spiro atoms. The maximum atomic E-state index is 4.99.